The number of nitrogens with one attached hydrogen (secondary N) is 1. The number of para-hydroxylation sites is 1. The van der Waals surface area contributed by atoms with Crippen molar-refractivity contribution in [3.05, 3.63) is 36.0 Å². The molecule has 0 radical (unpaired) electrons. The Bertz CT molecular complexity index is 589. The average molecular weight is 260 g/mol. The Balaban J connectivity index is 1.68. The molecule has 1 aromatic heterocycles. The molecular weight excluding hydrogens is 244 g/mol. The van der Waals surface area contributed by atoms with Crippen molar-refractivity contribution in [2.75, 3.05) is 13.2 Å². The van der Waals surface area contributed by atoms with Crippen LogP contribution in [-0.2, 0) is 20.7 Å². The second kappa shape index (κ2) is 5.03. The van der Waals surface area contributed by atoms with Crippen LogP contribution in [0.25, 0.3) is 10.9 Å². The summed E-state index contributed by atoms with van der Waals surface area (Å²) < 4.78 is 10.2. The summed E-state index contributed by atoms with van der Waals surface area (Å²) in [5.41, 5.74) is 7.98. The molecule has 3 N–H and O–H groups in total. The van der Waals surface area contributed by atoms with E-state index < -0.39 is 6.04 Å². The van der Waals surface area contributed by atoms with Crippen LogP contribution in [0.1, 0.15) is 5.56 Å². The molecule has 0 spiro atoms. The van der Waals surface area contributed by atoms with Gasteiger partial charge in [0.15, 0.2) is 0 Å². The fourth-order valence-corrected chi connectivity index (χ4v) is 2.15. The zero-order chi connectivity index (χ0) is 13.2. The fraction of sp³-hybridized carbons (Fsp3) is 0.357. The number of esters is 1. The lowest BCUT2D eigenvalue weighted by Gasteiger charge is -2.26. The van der Waals surface area contributed by atoms with Gasteiger partial charge in [-0.25, -0.2) is 0 Å². The normalized spacial score (nSPS) is 17.1. The first-order valence-corrected chi connectivity index (χ1v) is 6.33. The number of aromatic amines is 1. The summed E-state index contributed by atoms with van der Waals surface area (Å²) >= 11 is 0. The van der Waals surface area contributed by atoms with Crippen molar-refractivity contribution in [2.24, 2.45) is 5.73 Å². The molecule has 1 aromatic carbocycles. The minimum Gasteiger partial charge on any atom is -0.456 e. The van der Waals surface area contributed by atoms with Crippen molar-refractivity contribution >= 4 is 16.9 Å². The molecule has 1 fully saturated rings. The molecular formula is C14H16N2O3. The van der Waals surface area contributed by atoms with E-state index in [1.54, 1.807) is 0 Å². The van der Waals surface area contributed by atoms with Gasteiger partial charge in [-0.15, -0.1) is 0 Å². The Morgan fingerprint density at radius 3 is 3.00 bits per heavy atom. The molecule has 100 valence electrons. The maximum absolute atomic E-state index is 11.8. The summed E-state index contributed by atoms with van der Waals surface area (Å²) in [4.78, 5) is 15.0. The van der Waals surface area contributed by atoms with Crippen LogP contribution in [0.15, 0.2) is 30.5 Å². The number of benzene rings is 1. The molecule has 1 atom stereocenters. The lowest BCUT2D eigenvalue weighted by molar-refractivity contribution is -0.173. The van der Waals surface area contributed by atoms with E-state index in [0.29, 0.717) is 19.6 Å². The number of ether oxygens (including phenoxy) is 2. The van der Waals surface area contributed by atoms with Crippen molar-refractivity contribution in [3.63, 3.8) is 0 Å². The van der Waals surface area contributed by atoms with E-state index in [0.717, 1.165) is 16.5 Å². The van der Waals surface area contributed by atoms with Gasteiger partial charge in [-0.1, -0.05) is 18.2 Å². The quantitative estimate of drug-likeness (QED) is 0.803. The topological polar surface area (TPSA) is 77.3 Å². The van der Waals surface area contributed by atoms with Crippen LogP contribution in [0.5, 0.6) is 0 Å². The van der Waals surface area contributed by atoms with E-state index in [1.807, 2.05) is 30.5 Å². The molecule has 0 unspecified atom stereocenters. The second-order valence-electron chi connectivity index (χ2n) is 4.77. The zero-order valence-corrected chi connectivity index (χ0v) is 10.5. The van der Waals surface area contributed by atoms with Gasteiger partial charge >= 0.3 is 5.97 Å². The fourth-order valence-electron chi connectivity index (χ4n) is 2.15. The molecule has 0 amide bonds. The van der Waals surface area contributed by atoms with Crippen molar-refractivity contribution in [3.8, 4) is 0 Å². The molecule has 1 saturated heterocycles. The van der Waals surface area contributed by atoms with Crippen LogP contribution in [0.4, 0.5) is 0 Å². The molecule has 0 bridgehead atoms. The maximum atomic E-state index is 11.8. The molecule has 3 rings (SSSR count). The van der Waals surface area contributed by atoms with Gasteiger partial charge in [0.1, 0.15) is 12.1 Å². The number of hydrogen-bond acceptors (Lipinski definition) is 4. The van der Waals surface area contributed by atoms with Crippen LogP contribution >= 0.6 is 0 Å². The number of H-pyrrole nitrogens is 1. The molecule has 1 aliphatic heterocycles. The first-order chi connectivity index (χ1) is 9.24. The molecule has 0 aliphatic carbocycles. The van der Waals surface area contributed by atoms with E-state index in [2.05, 4.69) is 4.98 Å². The molecule has 1 aliphatic rings. The minimum absolute atomic E-state index is 0.124. The molecule has 2 heterocycles. The summed E-state index contributed by atoms with van der Waals surface area (Å²) in [5.74, 6) is -0.362. The van der Waals surface area contributed by atoms with E-state index in [-0.39, 0.29) is 12.1 Å². The lowest BCUT2D eigenvalue weighted by Crippen LogP contribution is -2.43. The predicted molar refractivity (Wildman–Crippen MR) is 70.7 cm³/mol. The lowest BCUT2D eigenvalue weighted by atomic mass is 10.1. The standard InChI is InChI=1S/C14H16N2O3/c15-12(14(17)19-10-7-18-8-10)5-9-6-16-13-4-2-1-3-11(9)13/h1-4,6,10,12,16H,5,7-8,15H2/t12-/m1/s1. The molecule has 0 saturated carbocycles. The van der Waals surface area contributed by atoms with Gasteiger partial charge in [0.2, 0.25) is 0 Å². The third-order valence-corrected chi connectivity index (χ3v) is 3.31. The Hall–Kier alpha value is -1.85. The Morgan fingerprint density at radius 2 is 2.26 bits per heavy atom. The smallest absolute Gasteiger partial charge is 0.323 e. The number of carbonyl (C=O) groups is 1. The van der Waals surface area contributed by atoms with Crippen LogP contribution in [0.2, 0.25) is 0 Å². The highest BCUT2D eigenvalue weighted by Gasteiger charge is 2.26. The van der Waals surface area contributed by atoms with Crippen molar-refractivity contribution < 1.29 is 14.3 Å². The van der Waals surface area contributed by atoms with Crippen molar-refractivity contribution in [1.29, 1.82) is 0 Å². The number of hydrogen-bond donors (Lipinski definition) is 2. The minimum atomic E-state index is -0.639. The van der Waals surface area contributed by atoms with Crippen LogP contribution in [0.3, 0.4) is 0 Å². The van der Waals surface area contributed by atoms with E-state index in [1.165, 1.54) is 0 Å². The molecule has 19 heavy (non-hydrogen) atoms. The number of fused-ring (bicyclic) bond motifs is 1. The van der Waals surface area contributed by atoms with Gasteiger partial charge < -0.3 is 20.2 Å². The van der Waals surface area contributed by atoms with Gasteiger partial charge in [-0.2, -0.15) is 0 Å². The summed E-state index contributed by atoms with van der Waals surface area (Å²) in [6.07, 6.45) is 2.24. The Kier molecular flexibility index (Phi) is 3.23. The highest BCUT2D eigenvalue weighted by atomic mass is 16.6. The third kappa shape index (κ3) is 2.47. The predicted octanol–water partition coefficient (Wildman–Crippen LogP) is 0.980. The summed E-state index contributed by atoms with van der Waals surface area (Å²) in [6, 6.07) is 7.30. The van der Waals surface area contributed by atoms with E-state index >= 15 is 0 Å². The van der Waals surface area contributed by atoms with Gasteiger partial charge in [0, 0.05) is 23.5 Å². The van der Waals surface area contributed by atoms with Crippen molar-refractivity contribution in [1.82, 2.24) is 4.98 Å². The maximum Gasteiger partial charge on any atom is 0.323 e. The largest absolute Gasteiger partial charge is 0.456 e. The first kappa shape index (κ1) is 12.2. The highest BCUT2D eigenvalue weighted by Crippen LogP contribution is 2.19. The number of carbonyl (C=O) groups excluding carboxylic acids is 1. The van der Waals surface area contributed by atoms with Gasteiger partial charge in [0.05, 0.1) is 13.2 Å². The molecule has 5 heteroatoms. The second-order valence-corrected chi connectivity index (χ2v) is 4.77. The van der Waals surface area contributed by atoms with Crippen LogP contribution < -0.4 is 5.73 Å². The summed E-state index contributed by atoms with van der Waals surface area (Å²) in [6.45, 7) is 0.955. The zero-order valence-electron chi connectivity index (χ0n) is 10.5. The highest BCUT2D eigenvalue weighted by molar-refractivity contribution is 5.84. The first-order valence-electron chi connectivity index (χ1n) is 6.33. The van der Waals surface area contributed by atoms with Crippen LogP contribution in [-0.4, -0.2) is 36.3 Å². The summed E-state index contributed by atoms with van der Waals surface area (Å²) in [7, 11) is 0. The van der Waals surface area contributed by atoms with Gasteiger partial charge in [-0.05, 0) is 11.6 Å². The number of nitrogens with two attached hydrogens (primary N) is 1. The van der Waals surface area contributed by atoms with Crippen molar-refractivity contribution in [2.45, 2.75) is 18.6 Å². The van der Waals surface area contributed by atoms with E-state index in [9.17, 15) is 4.79 Å². The third-order valence-electron chi connectivity index (χ3n) is 3.31. The molecule has 5 nitrogen and oxygen atoms in total. The number of rotatable bonds is 4. The monoisotopic (exact) mass is 260 g/mol. The SMILES string of the molecule is N[C@H](Cc1c[nH]c2ccccc12)C(=O)OC1COC1. The molecule has 2 aromatic rings. The van der Waals surface area contributed by atoms with E-state index in [4.69, 9.17) is 15.2 Å². The van der Waals surface area contributed by atoms with Gasteiger partial charge in [0.25, 0.3) is 0 Å². The Morgan fingerprint density at radius 1 is 1.47 bits per heavy atom. The summed E-state index contributed by atoms with van der Waals surface area (Å²) in [5, 5.41) is 1.10. The van der Waals surface area contributed by atoms with Crippen LogP contribution in [0, 0.1) is 0 Å². The Labute approximate surface area is 110 Å². The van der Waals surface area contributed by atoms with Gasteiger partial charge in [-0.3, -0.25) is 4.79 Å². The average Bonchev–Trinajstić information content (AvgIpc) is 2.77. The number of aromatic nitrogens is 1.